The molecule has 0 saturated heterocycles. The van der Waals surface area contributed by atoms with Gasteiger partial charge in [0.05, 0.1) is 23.7 Å². The maximum Gasteiger partial charge on any atom is 0.433 e. The predicted octanol–water partition coefficient (Wildman–Crippen LogP) is 7.03. The zero-order valence-electron chi connectivity index (χ0n) is 21.9. The molecule has 10 nitrogen and oxygen atoms in total. The summed E-state index contributed by atoms with van der Waals surface area (Å²) < 4.78 is 12.4. The summed E-state index contributed by atoms with van der Waals surface area (Å²) in [5, 5.41) is 14.2. The van der Waals surface area contributed by atoms with Gasteiger partial charge in [-0.15, -0.1) is 0 Å². The molecule has 208 valence electrons. The minimum atomic E-state index is -1.27. The van der Waals surface area contributed by atoms with Crippen molar-refractivity contribution in [2.45, 2.75) is 4.90 Å². The van der Waals surface area contributed by atoms with E-state index >= 15 is 0 Å². The molecule has 4 aromatic carbocycles. The Morgan fingerprint density at radius 2 is 1.43 bits per heavy atom. The molecule has 1 unspecified atom stereocenters. The van der Waals surface area contributed by atoms with Crippen molar-refractivity contribution in [2.75, 3.05) is 5.32 Å². The van der Waals surface area contributed by atoms with E-state index < -0.39 is 21.7 Å². The van der Waals surface area contributed by atoms with Crippen molar-refractivity contribution in [1.29, 1.82) is 0 Å². The average molecular weight is 578 g/mol. The number of nitro groups is 1. The topological polar surface area (TPSA) is 139 Å². The maximum absolute atomic E-state index is 12.9. The maximum atomic E-state index is 12.9. The Morgan fingerprint density at radius 1 is 0.786 bits per heavy atom. The minimum absolute atomic E-state index is 0.249. The molecule has 1 aromatic heterocycles. The summed E-state index contributed by atoms with van der Waals surface area (Å²) in [4.78, 5) is 41.2. The summed E-state index contributed by atoms with van der Waals surface area (Å²) in [6.07, 6.45) is 1.41. The van der Waals surface area contributed by atoms with E-state index in [9.17, 15) is 19.7 Å². The molecule has 5 aromatic rings. The molecule has 0 fully saturated rings. The standard InChI is InChI=1S/C31H23N5O5S/c37-30(22-9-3-1-4-10-22)34-42(35-31(38)23-11-5-2-6-12-23)26-18-15-24(16-19-26)33-28-14-8-7-13-27(28)32-21-25-17-20-29(41-25)36(39)40/h1-21,33H,(H,34,35,37,38). The molecule has 0 aliphatic heterocycles. The van der Waals surface area contributed by atoms with E-state index in [-0.39, 0.29) is 17.6 Å². The largest absolute Gasteiger partial charge is 0.433 e. The molecule has 0 aliphatic carbocycles. The molecular formula is C31H23N5O5S. The van der Waals surface area contributed by atoms with Crippen LogP contribution in [0.25, 0.3) is 0 Å². The number of carbonyl (C=O) groups is 2. The molecule has 0 spiro atoms. The smallest absolute Gasteiger partial charge is 0.400 e. The van der Waals surface area contributed by atoms with Crippen LogP contribution in [0.15, 0.2) is 140 Å². The Hall–Kier alpha value is -5.68. The zero-order chi connectivity index (χ0) is 29.3. The van der Waals surface area contributed by atoms with Crippen molar-refractivity contribution in [1.82, 2.24) is 4.72 Å². The van der Waals surface area contributed by atoms with E-state index in [4.69, 9.17) is 4.42 Å². The number of nitrogens with one attached hydrogen (secondary N) is 2. The zero-order valence-corrected chi connectivity index (χ0v) is 22.7. The number of amides is 2. The molecule has 2 N–H and O–H groups in total. The predicted molar refractivity (Wildman–Crippen MR) is 162 cm³/mol. The number of benzene rings is 4. The number of anilines is 2. The number of hydrogen-bond acceptors (Lipinski definition) is 7. The summed E-state index contributed by atoms with van der Waals surface area (Å²) in [5.74, 6) is -0.902. The fraction of sp³-hybridized carbons (Fsp3) is 0. The van der Waals surface area contributed by atoms with Gasteiger partial charge < -0.3 is 9.73 Å². The van der Waals surface area contributed by atoms with Gasteiger partial charge in [-0.2, -0.15) is 4.36 Å². The SMILES string of the molecule is O=C(N=S(NC(=O)c1ccccc1)c1ccc(Nc2ccccc2N=Cc2ccc([N+](=O)[O-])o2)cc1)c1ccccc1. The van der Waals surface area contributed by atoms with Crippen LogP contribution < -0.4 is 10.0 Å². The van der Waals surface area contributed by atoms with Crippen LogP contribution in [0.4, 0.5) is 22.9 Å². The Labute approximate surface area is 243 Å². The second-order valence-corrected chi connectivity index (χ2v) is 10.1. The van der Waals surface area contributed by atoms with Crippen molar-refractivity contribution in [3.8, 4) is 0 Å². The van der Waals surface area contributed by atoms with Gasteiger partial charge in [0, 0.05) is 32.6 Å². The molecule has 0 saturated carbocycles. The van der Waals surface area contributed by atoms with E-state index in [2.05, 4.69) is 19.4 Å². The van der Waals surface area contributed by atoms with Gasteiger partial charge in [0.2, 0.25) is 0 Å². The first-order chi connectivity index (χ1) is 20.5. The number of para-hydroxylation sites is 2. The number of carbonyl (C=O) groups excluding carboxylic acids is 2. The van der Waals surface area contributed by atoms with Gasteiger partial charge in [0.15, 0.2) is 5.76 Å². The molecule has 0 bridgehead atoms. The normalized spacial score (nSPS) is 11.7. The van der Waals surface area contributed by atoms with Crippen molar-refractivity contribution >= 4 is 51.9 Å². The third-order valence-corrected chi connectivity index (χ3v) is 7.25. The van der Waals surface area contributed by atoms with Gasteiger partial charge in [-0.05, 0) is 66.7 Å². The molecule has 0 aliphatic rings. The lowest BCUT2D eigenvalue weighted by Gasteiger charge is -2.13. The summed E-state index contributed by atoms with van der Waals surface area (Å²) in [6.45, 7) is 0. The monoisotopic (exact) mass is 577 g/mol. The molecule has 2 amide bonds. The first kappa shape index (κ1) is 27.9. The van der Waals surface area contributed by atoms with Gasteiger partial charge in [-0.25, -0.2) is 0 Å². The van der Waals surface area contributed by atoms with Crippen LogP contribution in [0.2, 0.25) is 0 Å². The average Bonchev–Trinajstić information content (AvgIpc) is 3.51. The second kappa shape index (κ2) is 13.1. The lowest BCUT2D eigenvalue weighted by Crippen LogP contribution is -2.26. The fourth-order valence-electron chi connectivity index (χ4n) is 3.74. The Morgan fingerprint density at radius 3 is 2.10 bits per heavy atom. The first-order valence-electron chi connectivity index (χ1n) is 12.6. The van der Waals surface area contributed by atoms with Crippen LogP contribution in [0.5, 0.6) is 0 Å². The highest BCUT2D eigenvalue weighted by atomic mass is 32.2. The minimum Gasteiger partial charge on any atom is -0.400 e. The van der Waals surface area contributed by atoms with Crippen LogP contribution in [-0.4, -0.2) is 23.0 Å². The summed E-state index contributed by atoms with van der Waals surface area (Å²) in [6, 6.07) is 34.6. The van der Waals surface area contributed by atoms with E-state index in [1.54, 1.807) is 66.7 Å². The van der Waals surface area contributed by atoms with Crippen LogP contribution in [0.3, 0.4) is 0 Å². The number of nitrogens with zero attached hydrogens (tertiary/aromatic N) is 3. The van der Waals surface area contributed by atoms with E-state index in [0.29, 0.717) is 27.4 Å². The third-order valence-electron chi connectivity index (χ3n) is 5.80. The molecule has 11 heteroatoms. The van der Waals surface area contributed by atoms with Gasteiger partial charge in [-0.3, -0.25) is 29.4 Å². The van der Waals surface area contributed by atoms with Crippen LogP contribution in [0.1, 0.15) is 26.5 Å². The summed E-state index contributed by atoms with van der Waals surface area (Å²) in [5.41, 5.74) is 2.87. The molecule has 1 atom stereocenters. The highest BCUT2D eigenvalue weighted by Gasteiger charge is 2.14. The Bertz CT molecular complexity index is 1790. The Kier molecular flexibility index (Phi) is 8.70. The molecule has 0 radical (unpaired) electrons. The van der Waals surface area contributed by atoms with Crippen LogP contribution in [-0.2, 0) is 10.9 Å². The molecule has 5 rings (SSSR count). The van der Waals surface area contributed by atoms with Gasteiger partial charge in [0.25, 0.3) is 11.8 Å². The van der Waals surface area contributed by atoms with Crippen molar-refractivity contribution in [3.63, 3.8) is 0 Å². The third kappa shape index (κ3) is 7.09. The fourth-order valence-corrected chi connectivity index (χ4v) is 4.97. The highest BCUT2D eigenvalue weighted by molar-refractivity contribution is 7.86. The van der Waals surface area contributed by atoms with E-state index in [1.165, 1.54) is 18.3 Å². The van der Waals surface area contributed by atoms with Crippen molar-refractivity contribution < 1.29 is 18.9 Å². The quantitative estimate of drug-likeness (QED) is 0.110. The molecule has 42 heavy (non-hydrogen) atoms. The van der Waals surface area contributed by atoms with Crippen LogP contribution in [0, 0.1) is 10.1 Å². The number of hydrogen-bond donors (Lipinski definition) is 2. The van der Waals surface area contributed by atoms with Gasteiger partial charge in [-0.1, -0.05) is 48.5 Å². The van der Waals surface area contributed by atoms with E-state index in [1.807, 2.05) is 42.5 Å². The van der Waals surface area contributed by atoms with Crippen molar-refractivity contribution in [2.24, 2.45) is 9.36 Å². The van der Waals surface area contributed by atoms with Crippen LogP contribution >= 0.6 is 0 Å². The summed E-state index contributed by atoms with van der Waals surface area (Å²) >= 11 is 0. The lowest BCUT2D eigenvalue weighted by molar-refractivity contribution is -0.402. The lowest BCUT2D eigenvalue weighted by atomic mass is 10.2. The van der Waals surface area contributed by atoms with Crippen molar-refractivity contribution in [3.05, 3.63) is 148 Å². The Balaban J connectivity index is 1.37. The van der Waals surface area contributed by atoms with Gasteiger partial charge in [0.1, 0.15) is 4.92 Å². The first-order valence-corrected chi connectivity index (χ1v) is 13.8. The van der Waals surface area contributed by atoms with Gasteiger partial charge >= 0.3 is 5.88 Å². The highest BCUT2D eigenvalue weighted by Crippen LogP contribution is 2.28. The molecular weight excluding hydrogens is 554 g/mol. The molecule has 1 heterocycles. The number of aliphatic imine (C=N–C) groups is 1. The number of rotatable bonds is 9. The number of furan rings is 1. The second-order valence-electron chi connectivity index (χ2n) is 8.70. The summed E-state index contributed by atoms with van der Waals surface area (Å²) in [7, 11) is -1.27. The van der Waals surface area contributed by atoms with E-state index in [0.717, 1.165) is 5.69 Å².